The first-order valence-electron chi connectivity index (χ1n) is 4.06. The Morgan fingerprint density at radius 3 is 2.64 bits per heavy atom. The first-order valence-corrected chi connectivity index (χ1v) is 4.44. The van der Waals surface area contributed by atoms with Gasteiger partial charge in [-0.1, -0.05) is 36.9 Å². The highest BCUT2D eigenvalue weighted by molar-refractivity contribution is 6.35. The molecule has 1 rings (SSSR count). The third kappa shape index (κ3) is 2.03. The zero-order chi connectivity index (χ0) is 10.6. The van der Waals surface area contributed by atoms with Gasteiger partial charge in [-0.2, -0.15) is 0 Å². The minimum Gasteiger partial charge on any atom is -0.383 e. The van der Waals surface area contributed by atoms with Crippen molar-refractivity contribution in [3.05, 3.63) is 54.2 Å². The summed E-state index contributed by atoms with van der Waals surface area (Å²) in [7, 11) is 0. The summed E-state index contributed by atoms with van der Waals surface area (Å²) in [4.78, 5) is 3.97. The van der Waals surface area contributed by atoms with Crippen LogP contribution in [0.5, 0.6) is 0 Å². The molecule has 0 aliphatic rings. The van der Waals surface area contributed by atoms with Gasteiger partial charge in [0.1, 0.15) is 5.82 Å². The van der Waals surface area contributed by atoms with E-state index in [0.29, 0.717) is 10.9 Å². The molecule has 1 heterocycles. The highest BCUT2D eigenvalue weighted by Crippen LogP contribution is 2.26. The molecule has 1 aromatic rings. The summed E-state index contributed by atoms with van der Waals surface area (Å²) in [6, 6.07) is 3.63. The molecule has 0 spiro atoms. The molecule has 3 heteroatoms. The van der Waals surface area contributed by atoms with Crippen molar-refractivity contribution in [2.45, 2.75) is 0 Å². The molecule has 2 N–H and O–H groups in total. The standard InChI is InChI=1S/C11H11ClN2/c1-3-8(10(12)4-2)9-6-5-7-14-11(9)13/h3-7H,1-2H2,(H2,13,14)/b10-8-. The summed E-state index contributed by atoms with van der Waals surface area (Å²) in [5.41, 5.74) is 7.22. The molecular formula is C11H11ClN2. The first kappa shape index (κ1) is 10.5. The average Bonchev–Trinajstić information content (AvgIpc) is 2.21. The Kier molecular flexibility index (Phi) is 3.48. The highest BCUT2D eigenvalue weighted by atomic mass is 35.5. The lowest BCUT2D eigenvalue weighted by Crippen LogP contribution is -1.95. The van der Waals surface area contributed by atoms with Crippen LogP contribution < -0.4 is 5.73 Å². The van der Waals surface area contributed by atoms with E-state index in [1.54, 1.807) is 24.4 Å². The topological polar surface area (TPSA) is 38.9 Å². The van der Waals surface area contributed by atoms with E-state index in [1.165, 1.54) is 0 Å². The van der Waals surface area contributed by atoms with Gasteiger partial charge in [-0.3, -0.25) is 0 Å². The van der Waals surface area contributed by atoms with Crippen molar-refractivity contribution in [1.82, 2.24) is 4.98 Å². The van der Waals surface area contributed by atoms with Crippen molar-refractivity contribution in [2.24, 2.45) is 0 Å². The average molecular weight is 207 g/mol. The van der Waals surface area contributed by atoms with E-state index in [0.717, 1.165) is 11.1 Å². The third-order valence-corrected chi connectivity index (χ3v) is 2.13. The minimum absolute atomic E-state index is 0.433. The van der Waals surface area contributed by atoms with E-state index in [9.17, 15) is 0 Å². The van der Waals surface area contributed by atoms with Crippen LogP contribution in [0, 0.1) is 0 Å². The van der Waals surface area contributed by atoms with Gasteiger partial charge in [0.05, 0.1) is 0 Å². The Morgan fingerprint density at radius 1 is 1.43 bits per heavy atom. The van der Waals surface area contributed by atoms with Crippen molar-refractivity contribution in [3.8, 4) is 0 Å². The van der Waals surface area contributed by atoms with Crippen LogP contribution in [0.25, 0.3) is 5.57 Å². The number of allylic oxidation sites excluding steroid dienone is 4. The molecule has 1 aromatic heterocycles. The molecule has 0 radical (unpaired) electrons. The number of nitrogens with zero attached hydrogens (tertiary/aromatic N) is 1. The second-order valence-corrected chi connectivity index (χ2v) is 3.01. The number of anilines is 1. The van der Waals surface area contributed by atoms with Crippen molar-refractivity contribution < 1.29 is 0 Å². The van der Waals surface area contributed by atoms with Gasteiger partial charge in [-0.25, -0.2) is 4.98 Å². The van der Waals surface area contributed by atoms with Gasteiger partial charge >= 0.3 is 0 Å². The number of halogens is 1. The molecule has 0 atom stereocenters. The molecule has 2 nitrogen and oxygen atoms in total. The van der Waals surface area contributed by atoms with Crippen LogP contribution in [0.2, 0.25) is 0 Å². The maximum Gasteiger partial charge on any atom is 0.131 e. The Balaban J connectivity index is 3.34. The SMILES string of the molecule is C=C/C(Cl)=C(\C=C)c1cccnc1N. The second kappa shape index (κ2) is 4.63. The number of rotatable bonds is 3. The number of hydrogen-bond acceptors (Lipinski definition) is 2. The predicted octanol–water partition coefficient (Wildman–Crippen LogP) is 2.99. The molecule has 0 aliphatic heterocycles. The monoisotopic (exact) mass is 206 g/mol. The van der Waals surface area contributed by atoms with Gasteiger partial charge < -0.3 is 5.73 Å². The van der Waals surface area contributed by atoms with E-state index in [1.807, 2.05) is 6.07 Å². The number of nitrogen functional groups attached to an aromatic ring is 1. The van der Waals surface area contributed by atoms with Crippen LogP contribution in [-0.2, 0) is 0 Å². The van der Waals surface area contributed by atoms with Crippen LogP contribution in [-0.4, -0.2) is 4.98 Å². The molecule has 0 bridgehead atoms. The normalized spacial score (nSPS) is 11.8. The molecule has 0 aliphatic carbocycles. The number of aromatic nitrogens is 1. The maximum absolute atomic E-state index is 5.94. The fraction of sp³-hybridized carbons (Fsp3) is 0. The fourth-order valence-corrected chi connectivity index (χ4v) is 1.27. The molecule has 0 fully saturated rings. The molecule has 0 amide bonds. The number of nitrogens with two attached hydrogens (primary N) is 1. The van der Waals surface area contributed by atoms with Crippen LogP contribution in [0.15, 0.2) is 48.7 Å². The van der Waals surface area contributed by atoms with Crippen molar-refractivity contribution in [2.75, 3.05) is 5.73 Å². The van der Waals surface area contributed by atoms with E-state index in [2.05, 4.69) is 18.1 Å². The molecular weight excluding hydrogens is 196 g/mol. The quantitative estimate of drug-likeness (QED) is 0.773. The molecule has 0 aromatic carbocycles. The molecule has 0 unspecified atom stereocenters. The molecule has 0 saturated heterocycles. The zero-order valence-electron chi connectivity index (χ0n) is 7.70. The second-order valence-electron chi connectivity index (χ2n) is 2.61. The lowest BCUT2D eigenvalue weighted by Gasteiger charge is -2.05. The summed E-state index contributed by atoms with van der Waals surface area (Å²) < 4.78 is 0. The Bertz CT molecular complexity index is 394. The summed E-state index contributed by atoms with van der Waals surface area (Å²) in [6.45, 7) is 7.26. The van der Waals surface area contributed by atoms with Gasteiger partial charge in [-0.15, -0.1) is 0 Å². The van der Waals surface area contributed by atoms with E-state index < -0.39 is 0 Å². The lowest BCUT2D eigenvalue weighted by atomic mass is 10.1. The van der Waals surface area contributed by atoms with Gasteiger partial charge in [-0.05, 0) is 12.1 Å². The minimum atomic E-state index is 0.433. The summed E-state index contributed by atoms with van der Waals surface area (Å²) in [5, 5.41) is 0.514. The Morgan fingerprint density at radius 2 is 2.14 bits per heavy atom. The summed E-state index contributed by atoms with van der Waals surface area (Å²) in [5.74, 6) is 0.433. The summed E-state index contributed by atoms with van der Waals surface area (Å²) >= 11 is 5.94. The Labute approximate surface area is 88.4 Å². The number of hydrogen-bond donors (Lipinski definition) is 1. The van der Waals surface area contributed by atoms with E-state index in [-0.39, 0.29) is 0 Å². The molecule has 14 heavy (non-hydrogen) atoms. The Hall–Kier alpha value is -1.54. The van der Waals surface area contributed by atoms with Gasteiger partial charge in [0.2, 0.25) is 0 Å². The highest BCUT2D eigenvalue weighted by Gasteiger charge is 2.05. The van der Waals surface area contributed by atoms with Gasteiger partial charge in [0.25, 0.3) is 0 Å². The van der Waals surface area contributed by atoms with Crippen LogP contribution in [0.1, 0.15) is 5.56 Å². The smallest absolute Gasteiger partial charge is 0.131 e. The van der Waals surface area contributed by atoms with Crippen molar-refractivity contribution in [3.63, 3.8) is 0 Å². The lowest BCUT2D eigenvalue weighted by molar-refractivity contribution is 1.32. The van der Waals surface area contributed by atoms with Crippen molar-refractivity contribution >= 4 is 23.0 Å². The van der Waals surface area contributed by atoms with Gasteiger partial charge in [0, 0.05) is 22.4 Å². The first-order chi connectivity index (χ1) is 6.70. The largest absolute Gasteiger partial charge is 0.383 e. The fourth-order valence-electron chi connectivity index (χ4n) is 1.09. The van der Waals surface area contributed by atoms with Crippen LogP contribution in [0.3, 0.4) is 0 Å². The van der Waals surface area contributed by atoms with Gasteiger partial charge in [0.15, 0.2) is 0 Å². The van der Waals surface area contributed by atoms with E-state index in [4.69, 9.17) is 17.3 Å². The predicted molar refractivity (Wildman–Crippen MR) is 61.8 cm³/mol. The molecule has 72 valence electrons. The third-order valence-electron chi connectivity index (χ3n) is 1.77. The zero-order valence-corrected chi connectivity index (χ0v) is 8.46. The molecule has 0 saturated carbocycles. The van der Waals surface area contributed by atoms with Crippen LogP contribution in [0.4, 0.5) is 5.82 Å². The van der Waals surface area contributed by atoms with E-state index >= 15 is 0 Å². The summed E-state index contributed by atoms with van der Waals surface area (Å²) in [6.07, 6.45) is 4.81. The van der Waals surface area contributed by atoms with Crippen LogP contribution >= 0.6 is 11.6 Å². The maximum atomic E-state index is 5.94. The number of pyridine rings is 1. The van der Waals surface area contributed by atoms with Crippen molar-refractivity contribution in [1.29, 1.82) is 0 Å².